The molecule has 1 aliphatic rings. The maximum atomic E-state index is 10.8. The van der Waals surface area contributed by atoms with Crippen molar-refractivity contribution in [3.8, 4) is 0 Å². The first-order valence-corrected chi connectivity index (χ1v) is 9.11. The van der Waals surface area contributed by atoms with Gasteiger partial charge in [0.2, 0.25) is 0 Å². The molecule has 0 amide bonds. The van der Waals surface area contributed by atoms with Gasteiger partial charge in [0, 0.05) is 0 Å². The van der Waals surface area contributed by atoms with Crippen LogP contribution in [0.25, 0.3) is 5.57 Å². The highest BCUT2D eigenvalue weighted by Gasteiger charge is 2.40. The first-order valence-electron chi connectivity index (χ1n) is 9.11. The van der Waals surface area contributed by atoms with Crippen molar-refractivity contribution in [2.45, 2.75) is 45.6 Å². The minimum atomic E-state index is -0.559. The predicted molar refractivity (Wildman–Crippen MR) is 102 cm³/mol. The Morgan fingerprint density at radius 1 is 1.00 bits per heavy atom. The van der Waals surface area contributed by atoms with Crippen molar-refractivity contribution >= 4 is 5.57 Å². The van der Waals surface area contributed by atoms with E-state index in [1.165, 1.54) is 22.3 Å². The van der Waals surface area contributed by atoms with Crippen LogP contribution in [0.15, 0.2) is 66.2 Å². The molecule has 2 aromatic rings. The Balaban J connectivity index is 2.16. The minimum absolute atomic E-state index is 0.309. The normalized spacial score (nSPS) is 27.1. The summed E-state index contributed by atoms with van der Waals surface area (Å²) in [5, 5.41) is 10.8. The highest BCUT2D eigenvalue weighted by atomic mass is 16.3. The fourth-order valence-corrected chi connectivity index (χ4v) is 4.48. The van der Waals surface area contributed by atoms with Gasteiger partial charge in [0.15, 0.2) is 0 Å². The van der Waals surface area contributed by atoms with Crippen LogP contribution >= 0.6 is 0 Å². The molecular weight excluding hydrogens is 292 g/mol. The van der Waals surface area contributed by atoms with Crippen LogP contribution in [-0.4, -0.2) is 10.7 Å². The van der Waals surface area contributed by atoms with E-state index in [9.17, 15) is 5.11 Å². The molecule has 3 unspecified atom stereocenters. The van der Waals surface area contributed by atoms with Gasteiger partial charge in [-0.3, -0.25) is 0 Å². The quantitative estimate of drug-likeness (QED) is 0.769. The lowest BCUT2D eigenvalue weighted by atomic mass is 9.65. The SMILES string of the molecule is CCC1C(C)C(=C(c2ccccc2)c2ccccc2)CCC1(C)O. The number of hydrogen-bond acceptors (Lipinski definition) is 1. The highest BCUT2D eigenvalue weighted by Crippen LogP contribution is 2.46. The molecule has 0 saturated heterocycles. The molecule has 1 saturated carbocycles. The smallest absolute Gasteiger partial charge is 0.0656 e. The van der Waals surface area contributed by atoms with Gasteiger partial charge in [0.1, 0.15) is 0 Å². The summed E-state index contributed by atoms with van der Waals surface area (Å²) in [6, 6.07) is 21.4. The number of allylic oxidation sites excluding steroid dienone is 1. The van der Waals surface area contributed by atoms with Crippen LogP contribution in [-0.2, 0) is 0 Å². The van der Waals surface area contributed by atoms with E-state index in [0.717, 1.165) is 19.3 Å². The fourth-order valence-electron chi connectivity index (χ4n) is 4.48. The molecule has 0 heterocycles. The van der Waals surface area contributed by atoms with Gasteiger partial charge in [-0.15, -0.1) is 0 Å². The van der Waals surface area contributed by atoms with Crippen molar-refractivity contribution in [2.75, 3.05) is 0 Å². The summed E-state index contributed by atoms with van der Waals surface area (Å²) in [4.78, 5) is 0. The predicted octanol–water partition coefficient (Wildman–Crippen LogP) is 5.70. The monoisotopic (exact) mass is 320 g/mol. The molecule has 2 aromatic carbocycles. The van der Waals surface area contributed by atoms with Crippen LogP contribution in [0.4, 0.5) is 0 Å². The molecule has 3 atom stereocenters. The van der Waals surface area contributed by atoms with Crippen molar-refractivity contribution in [2.24, 2.45) is 11.8 Å². The summed E-state index contributed by atoms with van der Waals surface area (Å²) in [5.41, 5.74) is 4.85. The van der Waals surface area contributed by atoms with E-state index in [1.54, 1.807) is 0 Å². The van der Waals surface area contributed by atoms with Crippen LogP contribution in [0.5, 0.6) is 0 Å². The largest absolute Gasteiger partial charge is 0.390 e. The standard InChI is InChI=1S/C23H28O/c1-4-21-17(2)20(15-16-23(21,3)24)22(18-11-7-5-8-12-18)19-13-9-6-10-14-19/h5-14,17,21,24H,4,15-16H2,1-3H3. The topological polar surface area (TPSA) is 20.2 Å². The van der Waals surface area contributed by atoms with E-state index in [-0.39, 0.29) is 0 Å². The molecular formula is C23H28O. The van der Waals surface area contributed by atoms with Gasteiger partial charge in [-0.1, -0.05) is 86.5 Å². The summed E-state index contributed by atoms with van der Waals surface area (Å²) < 4.78 is 0. The maximum absolute atomic E-state index is 10.8. The van der Waals surface area contributed by atoms with Crippen LogP contribution < -0.4 is 0 Å². The molecule has 3 rings (SSSR count). The molecule has 0 aliphatic heterocycles. The Labute approximate surface area is 146 Å². The van der Waals surface area contributed by atoms with Crippen molar-refractivity contribution in [1.29, 1.82) is 0 Å². The van der Waals surface area contributed by atoms with Gasteiger partial charge in [-0.2, -0.15) is 0 Å². The molecule has 24 heavy (non-hydrogen) atoms. The molecule has 1 heteroatoms. The third kappa shape index (κ3) is 3.18. The average Bonchev–Trinajstić information content (AvgIpc) is 2.59. The van der Waals surface area contributed by atoms with Crippen LogP contribution in [0, 0.1) is 11.8 Å². The Morgan fingerprint density at radius 2 is 1.50 bits per heavy atom. The minimum Gasteiger partial charge on any atom is -0.390 e. The molecule has 1 nitrogen and oxygen atoms in total. The lowest BCUT2D eigenvalue weighted by molar-refractivity contribution is -0.0404. The molecule has 1 fully saturated rings. The summed E-state index contributed by atoms with van der Waals surface area (Å²) >= 11 is 0. The van der Waals surface area contributed by atoms with E-state index in [2.05, 4.69) is 74.5 Å². The summed E-state index contributed by atoms with van der Waals surface area (Å²) in [5.74, 6) is 0.692. The number of aliphatic hydroxyl groups is 1. The van der Waals surface area contributed by atoms with Crippen molar-refractivity contribution < 1.29 is 5.11 Å². The first kappa shape index (κ1) is 17.0. The van der Waals surface area contributed by atoms with Crippen molar-refractivity contribution in [3.63, 3.8) is 0 Å². The third-order valence-corrected chi connectivity index (χ3v) is 5.74. The van der Waals surface area contributed by atoms with Gasteiger partial charge >= 0.3 is 0 Å². The van der Waals surface area contributed by atoms with E-state index in [0.29, 0.717) is 11.8 Å². The van der Waals surface area contributed by atoms with Gasteiger partial charge in [0.25, 0.3) is 0 Å². The molecule has 0 aromatic heterocycles. The highest BCUT2D eigenvalue weighted by molar-refractivity contribution is 5.82. The van der Waals surface area contributed by atoms with Gasteiger partial charge in [-0.05, 0) is 48.3 Å². The Hall–Kier alpha value is -1.86. The van der Waals surface area contributed by atoms with Gasteiger partial charge in [0.05, 0.1) is 5.60 Å². The van der Waals surface area contributed by atoms with Crippen molar-refractivity contribution in [3.05, 3.63) is 77.4 Å². The van der Waals surface area contributed by atoms with E-state index in [4.69, 9.17) is 0 Å². The molecule has 1 N–H and O–H groups in total. The van der Waals surface area contributed by atoms with Crippen molar-refractivity contribution in [1.82, 2.24) is 0 Å². The Kier molecular flexibility index (Phi) is 4.91. The zero-order valence-corrected chi connectivity index (χ0v) is 15.0. The summed E-state index contributed by atoms with van der Waals surface area (Å²) in [6.45, 7) is 6.51. The molecule has 1 aliphatic carbocycles. The zero-order valence-electron chi connectivity index (χ0n) is 15.0. The first-order chi connectivity index (χ1) is 11.5. The van der Waals surface area contributed by atoms with Crippen LogP contribution in [0.3, 0.4) is 0 Å². The maximum Gasteiger partial charge on any atom is 0.0656 e. The second-order valence-corrected chi connectivity index (χ2v) is 7.29. The van der Waals surface area contributed by atoms with Crippen LogP contribution in [0.1, 0.15) is 51.2 Å². The Bertz CT molecular complexity index is 656. The number of rotatable bonds is 3. The summed E-state index contributed by atoms with van der Waals surface area (Å²) in [7, 11) is 0. The third-order valence-electron chi connectivity index (χ3n) is 5.74. The number of benzene rings is 2. The van der Waals surface area contributed by atoms with Gasteiger partial charge in [-0.25, -0.2) is 0 Å². The van der Waals surface area contributed by atoms with E-state index < -0.39 is 5.60 Å². The number of hydrogen-bond donors (Lipinski definition) is 1. The average molecular weight is 320 g/mol. The lowest BCUT2D eigenvalue weighted by Gasteiger charge is -2.43. The Morgan fingerprint density at radius 3 is 1.96 bits per heavy atom. The lowest BCUT2D eigenvalue weighted by Crippen LogP contribution is -2.42. The molecule has 0 bridgehead atoms. The van der Waals surface area contributed by atoms with Crippen LogP contribution in [0.2, 0.25) is 0 Å². The second kappa shape index (κ2) is 6.94. The van der Waals surface area contributed by atoms with E-state index in [1.807, 2.05) is 6.92 Å². The molecule has 0 radical (unpaired) electrons. The van der Waals surface area contributed by atoms with Gasteiger partial charge < -0.3 is 5.11 Å². The van der Waals surface area contributed by atoms with E-state index >= 15 is 0 Å². The summed E-state index contributed by atoms with van der Waals surface area (Å²) in [6.07, 6.45) is 2.81. The molecule has 126 valence electrons. The zero-order chi connectivity index (χ0) is 17.2. The second-order valence-electron chi connectivity index (χ2n) is 7.29. The fraction of sp³-hybridized carbons (Fsp3) is 0.391. The molecule has 0 spiro atoms.